The van der Waals surface area contributed by atoms with E-state index < -0.39 is 11.9 Å². The van der Waals surface area contributed by atoms with Crippen LogP contribution in [0.1, 0.15) is 35.8 Å². The molecule has 32 heavy (non-hydrogen) atoms. The van der Waals surface area contributed by atoms with Crippen molar-refractivity contribution in [2.45, 2.75) is 25.5 Å². The van der Waals surface area contributed by atoms with Gasteiger partial charge in [0.1, 0.15) is 12.6 Å². The van der Waals surface area contributed by atoms with Crippen molar-refractivity contribution in [3.63, 3.8) is 0 Å². The van der Waals surface area contributed by atoms with Crippen LogP contribution in [0.15, 0.2) is 55.2 Å². The normalized spacial score (nSPS) is 16.1. The summed E-state index contributed by atoms with van der Waals surface area (Å²) in [6, 6.07) is 9.87. The first-order chi connectivity index (χ1) is 15.7. The predicted molar refractivity (Wildman–Crippen MR) is 116 cm³/mol. The van der Waals surface area contributed by atoms with Gasteiger partial charge in [-0.05, 0) is 55.7 Å². The molecule has 1 saturated heterocycles. The van der Waals surface area contributed by atoms with Crippen LogP contribution in [0.3, 0.4) is 0 Å². The first kappa shape index (κ1) is 20.0. The highest BCUT2D eigenvalue weighted by Crippen LogP contribution is 2.28. The highest BCUT2D eigenvalue weighted by atomic mass is 19.1. The Labute approximate surface area is 182 Å². The molecule has 9 nitrogen and oxygen atoms in total. The number of nitrogens with one attached hydrogen (secondary N) is 2. The van der Waals surface area contributed by atoms with Gasteiger partial charge in [0.05, 0.1) is 11.9 Å². The zero-order valence-corrected chi connectivity index (χ0v) is 17.0. The largest absolute Gasteiger partial charge is 0.358 e. The minimum atomic E-state index is -0.811. The van der Waals surface area contributed by atoms with Gasteiger partial charge in [0.15, 0.2) is 17.0 Å². The van der Waals surface area contributed by atoms with Gasteiger partial charge < -0.3 is 15.4 Å². The van der Waals surface area contributed by atoms with Crippen molar-refractivity contribution in [1.82, 2.24) is 24.5 Å². The van der Waals surface area contributed by atoms with Crippen molar-refractivity contribution in [3.05, 3.63) is 66.8 Å². The molecule has 0 radical (unpaired) electrons. The number of ether oxygens (including phenoxy) is 1. The van der Waals surface area contributed by atoms with E-state index in [4.69, 9.17) is 4.74 Å². The minimum absolute atomic E-state index is 0.0657. The van der Waals surface area contributed by atoms with E-state index >= 15 is 0 Å². The van der Waals surface area contributed by atoms with Crippen LogP contribution < -0.4 is 10.6 Å². The lowest BCUT2D eigenvalue weighted by Gasteiger charge is -2.23. The van der Waals surface area contributed by atoms with E-state index in [0.717, 1.165) is 31.6 Å². The van der Waals surface area contributed by atoms with Crippen molar-refractivity contribution >= 4 is 34.3 Å². The SMILES string of the molecule is O=C(Nc1ccc(Nc2ncnc3c2ncn3C2CCCCO2)cc1)c1cccnc1F. The summed E-state index contributed by atoms with van der Waals surface area (Å²) in [5, 5.41) is 5.89. The summed E-state index contributed by atoms with van der Waals surface area (Å²) in [5.74, 6) is -0.808. The summed E-state index contributed by atoms with van der Waals surface area (Å²) in [5.41, 5.74) is 2.51. The molecule has 162 valence electrons. The molecule has 1 amide bonds. The summed E-state index contributed by atoms with van der Waals surface area (Å²) in [4.78, 5) is 28.9. The molecule has 10 heteroatoms. The van der Waals surface area contributed by atoms with Gasteiger partial charge in [0.25, 0.3) is 5.91 Å². The van der Waals surface area contributed by atoms with Crippen LogP contribution >= 0.6 is 0 Å². The maximum Gasteiger partial charge on any atom is 0.260 e. The summed E-state index contributed by atoms with van der Waals surface area (Å²) in [7, 11) is 0. The van der Waals surface area contributed by atoms with Crippen molar-refractivity contribution in [1.29, 1.82) is 0 Å². The topological polar surface area (TPSA) is 107 Å². The molecule has 0 bridgehead atoms. The van der Waals surface area contributed by atoms with Crippen molar-refractivity contribution in [2.75, 3.05) is 17.2 Å². The second-order valence-electron chi connectivity index (χ2n) is 7.37. The third kappa shape index (κ3) is 4.00. The van der Waals surface area contributed by atoms with Crippen molar-refractivity contribution < 1.29 is 13.9 Å². The Kier molecular flexibility index (Phi) is 5.42. The lowest BCUT2D eigenvalue weighted by molar-refractivity contribution is -0.0298. The van der Waals surface area contributed by atoms with Gasteiger partial charge in [0, 0.05) is 24.2 Å². The quantitative estimate of drug-likeness (QED) is 0.457. The van der Waals surface area contributed by atoms with E-state index in [1.165, 1.54) is 24.7 Å². The number of imidazole rings is 1. The van der Waals surface area contributed by atoms with Gasteiger partial charge in [-0.25, -0.2) is 19.9 Å². The Morgan fingerprint density at radius 3 is 2.69 bits per heavy atom. The van der Waals surface area contributed by atoms with Crippen LogP contribution in [-0.4, -0.2) is 37.0 Å². The number of fused-ring (bicyclic) bond motifs is 1. The van der Waals surface area contributed by atoms with Gasteiger partial charge in [-0.1, -0.05) is 0 Å². The molecule has 2 N–H and O–H groups in total. The number of nitrogens with zero attached hydrogens (tertiary/aromatic N) is 5. The molecule has 4 heterocycles. The number of aromatic nitrogens is 5. The molecule has 0 aliphatic carbocycles. The summed E-state index contributed by atoms with van der Waals surface area (Å²) >= 11 is 0. The van der Waals surface area contributed by atoms with Crippen molar-refractivity contribution in [2.24, 2.45) is 0 Å². The maximum atomic E-state index is 13.7. The van der Waals surface area contributed by atoms with Crippen molar-refractivity contribution in [3.8, 4) is 0 Å². The average molecular weight is 433 g/mol. The Hall–Kier alpha value is -3.92. The monoisotopic (exact) mass is 433 g/mol. The third-order valence-corrected chi connectivity index (χ3v) is 5.23. The minimum Gasteiger partial charge on any atom is -0.358 e. The van der Waals surface area contributed by atoms with Gasteiger partial charge >= 0.3 is 0 Å². The van der Waals surface area contributed by atoms with Crippen LogP contribution in [0, 0.1) is 5.95 Å². The van der Waals surface area contributed by atoms with E-state index in [2.05, 4.69) is 30.6 Å². The number of amides is 1. The molecule has 1 atom stereocenters. The van der Waals surface area contributed by atoms with Crippen LogP contribution in [0.4, 0.5) is 21.6 Å². The highest BCUT2D eigenvalue weighted by molar-refractivity contribution is 6.04. The lowest BCUT2D eigenvalue weighted by atomic mass is 10.2. The zero-order chi connectivity index (χ0) is 21.9. The fourth-order valence-electron chi connectivity index (χ4n) is 3.62. The number of hydrogen-bond acceptors (Lipinski definition) is 7. The third-order valence-electron chi connectivity index (χ3n) is 5.23. The van der Waals surface area contributed by atoms with Crippen LogP contribution in [0.5, 0.6) is 0 Å². The Bertz CT molecular complexity index is 1250. The highest BCUT2D eigenvalue weighted by Gasteiger charge is 2.20. The maximum absolute atomic E-state index is 13.7. The van der Waals surface area contributed by atoms with E-state index in [1.54, 1.807) is 30.6 Å². The molecular formula is C22H20FN7O2. The number of carbonyl (C=O) groups is 1. The van der Waals surface area contributed by atoms with Gasteiger partial charge in [-0.3, -0.25) is 9.36 Å². The van der Waals surface area contributed by atoms with E-state index in [1.807, 2.05) is 4.57 Å². The summed E-state index contributed by atoms with van der Waals surface area (Å²) in [6.07, 6.45) is 7.55. The number of halogens is 1. The second kappa shape index (κ2) is 8.67. The molecule has 1 unspecified atom stereocenters. The van der Waals surface area contributed by atoms with E-state index in [9.17, 15) is 9.18 Å². The molecule has 1 aromatic carbocycles. The number of carbonyl (C=O) groups excluding carboxylic acids is 1. The molecule has 1 fully saturated rings. The first-order valence-electron chi connectivity index (χ1n) is 10.3. The number of rotatable bonds is 5. The molecule has 1 aliphatic rings. The average Bonchev–Trinajstić information content (AvgIpc) is 3.26. The smallest absolute Gasteiger partial charge is 0.260 e. The van der Waals surface area contributed by atoms with Crippen LogP contribution in [-0.2, 0) is 4.74 Å². The fourth-order valence-corrected chi connectivity index (χ4v) is 3.62. The molecule has 0 spiro atoms. The second-order valence-corrected chi connectivity index (χ2v) is 7.37. The predicted octanol–water partition coefficient (Wildman–Crippen LogP) is 4.06. The number of anilines is 3. The van der Waals surface area contributed by atoms with E-state index in [-0.39, 0.29) is 11.8 Å². The molecule has 3 aromatic heterocycles. The lowest BCUT2D eigenvalue weighted by Crippen LogP contribution is -2.17. The van der Waals surface area contributed by atoms with Gasteiger partial charge in [-0.2, -0.15) is 4.39 Å². The van der Waals surface area contributed by atoms with Gasteiger partial charge in [-0.15, -0.1) is 0 Å². The molecule has 1 aliphatic heterocycles. The standard InChI is InChI=1S/C22H20FN7O2/c23-19-16(4-3-10-24-19)22(31)29-15-8-6-14(7-9-15)28-20-18-21(26-12-25-20)30(13-27-18)17-5-1-2-11-32-17/h3-4,6-10,12-13,17H,1-2,5,11H2,(H,29,31)(H,25,26,28). The summed E-state index contributed by atoms with van der Waals surface area (Å²) in [6.45, 7) is 0.733. The Morgan fingerprint density at radius 2 is 1.91 bits per heavy atom. The molecule has 4 aromatic rings. The fraction of sp³-hybridized carbons (Fsp3) is 0.227. The summed E-state index contributed by atoms with van der Waals surface area (Å²) < 4.78 is 21.5. The Morgan fingerprint density at radius 1 is 1.06 bits per heavy atom. The Balaban J connectivity index is 1.32. The number of benzene rings is 1. The number of hydrogen-bond donors (Lipinski definition) is 2. The van der Waals surface area contributed by atoms with E-state index in [0.29, 0.717) is 22.7 Å². The van der Waals surface area contributed by atoms with Crippen LogP contribution in [0.2, 0.25) is 0 Å². The molecular weight excluding hydrogens is 413 g/mol. The molecule has 0 saturated carbocycles. The van der Waals surface area contributed by atoms with Crippen LogP contribution in [0.25, 0.3) is 11.2 Å². The van der Waals surface area contributed by atoms with Gasteiger partial charge in [0.2, 0.25) is 5.95 Å². The first-order valence-corrected chi connectivity index (χ1v) is 10.3. The zero-order valence-electron chi connectivity index (χ0n) is 17.0. The number of pyridine rings is 1. The molecule has 5 rings (SSSR count).